The molecule has 0 fully saturated rings. The van der Waals surface area contributed by atoms with Gasteiger partial charge in [0, 0.05) is 16.8 Å². The van der Waals surface area contributed by atoms with E-state index in [9.17, 15) is 13.2 Å². The maximum Gasteiger partial charge on any atom is 0.194 e. The Balaban J connectivity index is 2.13. The first-order valence-electron chi connectivity index (χ1n) is 6.36. The van der Waals surface area contributed by atoms with E-state index in [0.717, 1.165) is 49.1 Å². The second kappa shape index (κ2) is 4.77. The summed E-state index contributed by atoms with van der Waals surface area (Å²) in [6, 6.07) is 1.75. The summed E-state index contributed by atoms with van der Waals surface area (Å²) >= 11 is 0. The van der Waals surface area contributed by atoms with E-state index >= 15 is 0 Å². The fourth-order valence-corrected chi connectivity index (χ4v) is 2.44. The smallest absolute Gasteiger partial charge is 0.194 e. The predicted octanol–water partition coefficient (Wildman–Crippen LogP) is 3.02. The standard InChI is InChI=1S/C14H12F3N3/c15-9-5-7(6-10(16)12(9)17)14-19-11-4-2-1-3-8(11)13(18)20-14/h5-6H,1-4H2,(H2,18,19,20). The summed E-state index contributed by atoms with van der Waals surface area (Å²) in [6.07, 6.45) is 3.60. The molecule has 1 aromatic carbocycles. The molecule has 0 amide bonds. The van der Waals surface area contributed by atoms with Crippen molar-refractivity contribution >= 4 is 5.82 Å². The number of anilines is 1. The van der Waals surface area contributed by atoms with E-state index in [1.165, 1.54) is 0 Å². The normalized spacial score (nSPS) is 14.2. The van der Waals surface area contributed by atoms with Crippen LogP contribution in [0.4, 0.5) is 19.0 Å². The molecule has 0 spiro atoms. The topological polar surface area (TPSA) is 51.8 Å². The van der Waals surface area contributed by atoms with Crippen LogP contribution in [-0.4, -0.2) is 9.97 Å². The third-order valence-electron chi connectivity index (χ3n) is 3.46. The van der Waals surface area contributed by atoms with Crippen molar-refractivity contribution in [3.63, 3.8) is 0 Å². The minimum absolute atomic E-state index is 0.0847. The molecule has 0 aliphatic heterocycles. The first-order valence-corrected chi connectivity index (χ1v) is 6.36. The Morgan fingerprint density at radius 2 is 1.60 bits per heavy atom. The van der Waals surface area contributed by atoms with Crippen molar-refractivity contribution in [3.05, 3.63) is 40.8 Å². The molecule has 2 N–H and O–H groups in total. The lowest BCUT2D eigenvalue weighted by molar-refractivity contribution is 0.447. The highest BCUT2D eigenvalue weighted by molar-refractivity contribution is 5.59. The van der Waals surface area contributed by atoms with Crippen LogP contribution in [0.5, 0.6) is 0 Å². The zero-order valence-electron chi connectivity index (χ0n) is 10.6. The number of rotatable bonds is 1. The summed E-state index contributed by atoms with van der Waals surface area (Å²) in [5.41, 5.74) is 7.67. The molecule has 1 heterocycles. The number of nitrogens with two attached hydrogens (primary N) is 1. The monoisotopic (exact) mass is 279 g/mol. The van der Waals surface area contributed by atoms with Gasteiger partial charge in [-0.2, -0.15) is 0 Å². The van der Waals surface area contributed by atoms with Crippen LogP contribution < -0.4 is 5.73 Å². The van der Waals surface area contributed by atoms with Crippen LogP contribution in [0.2, 0.25) is 0 Å². The second-order valence-electron chi connectivity index (χ2n) is 4.82. The summed E-state index contributed by atoms with van der Waals surface area (Å²) < 4.78 is 39.5. The van der Waals surface area contributed by atoms with Crippen LogP contribution in [0.3, 0.4) is 0 Å². The Morgan fingerprint density at radius 3 is 2.30 bits per heavy atom. The van der Waals surface area contributed by atoms with Crippen LogP contribution in [0.1, 0.15) is 24.1 Å². The van der Waals surface area contributed by atoms with E-state index in [2.05, 4.69) is 9.97 Å². The number of aromatic nitrogens is 2. The second-order valence-corrected chi connectivity index (χ2v) is 4.82. The van der Waals surface area contributed by atoms with Gasteiger partial charge in [0.2, 0.25) is 0 Å². The fourth-order valence-electron chi connectivity index (χ4n) is 2.44. The van der Waals surface area contributed by atoms with Gasteiger partial charge in [0.25, 0.3) is 0 Å². The van der Waals surface area contributed by atoms with Gasteiger partial charge >= 0.3 is 0 Å². The van der Waals surface area contributed by atoms with E-state index in [0.29, 0.717) is 5.82 Å². The van der Waals surface area contributed by atoms with Gasteiger partial charge in [-0.15, -0.1) is 0 Å². The lowest BCUT2D eigenvalue weighted by Crippen LogP contribution is -2.12. The molecule has 0 atom stereocenters. The molecule has 0 unspecified atom stereocenters. The number of aryl methyl sites for hydroxylation is 1. The number of hydrogen-bond donors (Lipinski definition) is 1. The number of hydrogen-bond acceptors (Lipinski definition) is 3. The first kappa shape index (κ1) is 12.9. The average Bonchev–Trinajstić information content (AvgIpc) is 2.44. The Kier molecular flexibility index (Phi) is 3.08. The van der Waals surface area contributed by atoms with Crippen molar-refractivity contribution in [1.82, 2.24) is 9.97 Å². The van der Waals surface area contributed by atoms with Gasteiger partial charge in [-0.25, -0.2) is 23.1 Å². The Hall–Kier alpha value is -2.11. The summed E-state index contributed by atoms with van der Waals surface area (Å²) in [5.74, 6) is -3.57. The van der Waals surface area contributed by atoms with E-state index in [-0.39, 0.29) is 11.4 Å². The van der Waals surface area contributed by atoms with Crippen molar-refractivity contribution in [2.24, 2.45) is 0 Å². The van der Waals surface area contributed by atoms with E-state index in [4.69, 9.17) is 5.73 Å². The Morgan fingerprint density at radius 1 is 0.950 bits per heavy atom. The van der Waals surface area contributed by atoms with Crippen molar-refractivity contribution < 1.29 is 13.2 Å². The summed E-state index contributed by atoms with van der Waals surface area (Å²) in [4.78, 5) is 8.39. The molecule has 0 saturated heterocycles. The molecule has 104 valence electrons. The quantitative estimate of drug-likeness (QED) is 0.816. The van der Waals surface area contributed by atoms with E-state index < -0.39 is 17.5 Å². The summed E-state index contributed by atoms with van der Waals surface area (Å²) in [6.45, 7) is 0. The maximum absolute atomic E-state index is 13.3. The molecule has 0 saturated carbocycles. The van der Waals surface area contributed by atoms with Gasteiger partial charge in [0.05, 0.1) is 0 Å². The van der Waals surface area contributed by atoms with Crippen molar-refractivity contribution in [1.29, 1.82) is 0 Å². The molecule has 0 bridgehead atoms. The van der Waals surface area contributed by atoms with Gasteiger partial charge in [0.15, 0.2) is 23.3 Å². The Labute approximate surface area is 113 Å². The summed E-state index contributed by atoms with van der Waals surface area (Å²) in [5, 5.41) is 0. The largest absolute Gasteiger partial charge is 0.383 e. The number of fused-ring (bicyclic) bond motifs is 1. The van der Waals surface area contributed by atoms with Crippen LogP contribution >= 0.6 is 0 Å². The van der Waals surface area contributed by atoms with Crippen LogP contribution in [0.15, 0.2) is 12.1 Å². The zero-order chi connectivity index (χ0) is 14.3. The van der Waals surface area contributed by atoms with E-state index in [1.54, 1.807) is 0 Å². The number of benzene rings is 1. The van der Waals surface area contributed by atoms with Crippen molar-refractivity contribution in [2.45, 2.75) is 25.7 Å². The predicted molar refractivity (Wildman–Crippen MR) is 68.4 cm³/mol. The SMILES string of the molecule is Nc1nc(-c2cc(F)c(F)c(F)c2)nc2c1CCCC2. The molecular weight excluding hydrogens is 267 g/mol. The summed E-state index contributed by atoms with van der Waals surface area (Å²) in [7, 11) is 0. The molecular formula is C14H12F3N3. The number of halogens is 3. The minimum Gasteiger partial charge on any atom is -0.383 e. The lowest BCUT2D eigenvalue weighted by atomic mass is 9.96. The van der Waals surface area contributed by atoms with Crippen molar-refractivity contribution in [2.75, 3.05) is 5.73 Å². The molecule has 3 nitrogen and oxygen atoms in total. The number of nitrogen functional groups attached to an aromatic ring is 1. The zero-order valence-corrected chi connectivity index (χ0v) is 10.6. The third-order valence-corrected chi connectivity index (χ3v) is 3.46. The molecule has 1 aliphatic rings. The van der Waals surface area contributed by atoms with E-state index in [1.807, 2.05) is 0 Å². The highest BCUT2D eigenvalue weighted by Gasteiger charge is 2.18. The van der Waals surface area contributed by atoms with Crippen LogP contribution in [0.25, 0.3) is 11.4 Å². The average molecular weight is 279 g/mol. The molecule has 2 aromatic rings. The molecule has 1 aromatic heterocycles. The van der Waals surface area contributed by atoms with Gasteiger partial charge in [-0.05, 0) is 37.8 Å². The van der Waals surface area contributed by atoms with Crippen molar-refractivity contribution in [3.8, 4) is 11.4 Å². The molecule has 1 aliphatic carbocycles. The van der Waals surface area contributed by atoms with Gasteiger partial charge in [-0.3, -0.25) is 0 Å². The van der Waals surface area contributed by atoms with Crippen LogP contribution in [0, 0.1) is 17.5 Å². The minimum atomic E-state index is -1.50. The number of nitrogens with zero attached hydrogens (tertiary/aromatic N) is 2. The van der Waals surface area contributed by atoms with Gasteiger partial charge in [0.1, 0.15) is 5.82 Å². The lowest BCUT2D eigenvalue weighted by Gasteiger charge is -2.17. The fraction of sp³-hybridized carbons (Fsp3) is 0.286. The molecule has 3 rings (SSSR count). The molecule has 20 heavy (non-hydrogen) atoms. The third kappa shape index (κ3) is 2.11. The first-order chi connectivity index (χ1) is 9.56. The molecule has 6 heteroatoms. The van der Waals surface area contributed by atoms with Gasteiger partial charge in [-0.1, -0.05) is 0 Å². The van der Waals surface area contributed by atoms with Gasteiger partial charge < -0.3 is 5.73 Å². The Bertz CT molecular complexity index is 663. The molecule has 0 radical (unpaired) electrons. The highest BCUT2D eigenvalue weighted by atomic mass is 19.2. The maximum atomic E-state index is 13.3. The highest BCUT2D eigenvalue weighted by Crippen LogP contribution is 2.28. The van der Waals surface area contributed by atoms with Crippen LogP contribution in [-0.2, 0) is 12.8 Å².